The minimum absolute atomic E-state index is 0.0902. The maximum Gasteiger partial charge on any atom is 0.233 e. The number of ether oxygens (including phenoxy) is 2. The van der Waals surface area contributed by atoms with Gasteiger partial charge in [-0.1, -0.05) is 30.0 Å². The van der Waals surface area contributed by atoms with Crippen molar-refractivity contribution in [2.45, 2.75) is 23.9 Å². The van der Waals surface area contributed by atoms with E-state index in [0.29, 0.717) is 23.2 Å². The van der Waals surface area contributed by atoms with E-state index in [9.17, 15) is 4.79 Å². The quantitative estimate of drug-likeness (QED) is 0.433. The van der Waals surface area contributed by atoms with Crippen LogP contribution in [0.3, 0.4) is 0 Å². The van der Waals surface area contributed by atoms with E-state index in [1.54, 1.807) is 14.2 Å². The van der Waals surface area contributed by atoms with Crippen LogP contribution in [-0.4, -0.2) is 42.4 Å². The van der Waals surface area contributed by atoms with Crippen molar-refractivity contribution in [3.63, 3.8) is 0 Å². The molecular weight excluding hydrogens is 388 g/mol. The second-order valence-electron chi connectivity index (χ2n) is 6.29. The molecule has 0 aliphatic carbocycles. The fraction of sp³-hybridized carbons (Fsp3) is 0.286. The van der Waals surface area contributed by atoms with Gasteiger partial charge in [-0.05, 0) is 36.8 Å². The van der Waals surface area contributed by atoms with Gasteiger partial charge >= 0.3 is 0 Å². The summed E-state index contributed by atoms with van der Waals surface area (Å²) in [4.78, 5) is 21.7. The molecule has 3 rings (SSSR count). The molecule has 0 saturated carbocycles. The van der Waals surface area contributed by atoms with Gasteiger partial charge in [-0.25, -0.2) is 9.97 Å². The van der Waals surface area contributed by atoms with Crippen LogP contribution in [0.1, 0.15) is 12.5 Å². The zero-order valence-corrected chi connectivity index (χ0v) is 17.7. The maximum absolute atomic E-state index is 12.6. The molecule has 7 nitrogen and oxygen atoms in total. The van der Waals surface area contributed by atoms with Gasteiger partial charge < -0.3 is 20.1 Å². The predicted octanol–water partition coefficient (Wildman–Crippen LogP) is 3.49. The summed E-state index contributed by atoms with van der Waals surface area (Å²) < 4.78 is 10.5. The number of thioether (sulfide) groups is 1. The van der Waals surface area contributed by atoms with E-state index < -0.39 is 0 Å². The van der Waals surface area contributed by atoms with E-state index in [1.165, 1.54) is 11.8 Å². The number of methoxy groups -OCH3 is 2. The summed E-state index contributed by atoms with van der Waals surface area (Å²) in [5.41, 5.74) is 1.76. The fourth-order valence-electron chi connectivity index (χ4n) is 2.83. The minimum Gasteiger partial charge on any atom is -0.493 e. The smallest absolute Gasteiger partial charge is 0.233 e. The van der Waals surface area contributed by atoms with Crippen LogP contribution in [-0.2, 0) is 11.3 Å². The Morgan fingerprint density at radius 2 is 1.86 bits per heavy atom. The zero-order valence-electron chi connectivity index (χ0n) is 16.9. The Balaban J connectivity index is 1.66. The molecule has 152 valence electrons. The summed E-state index contributed by atoms with van der Waals surface area (Å²) in [7, 11) is 5.00. The van der Waals surface area contributed by atoms with Crippen molar-refractivity contribution in [3.8, 4) is 11.5 Å². The average molecular weight is 413 g/mol. The van der Waals surface area contributed by atoms with Crippen LogP contribution < -0.4 is 20.1 Å². The topological polar surface area (TPSA) is 85.4 Å². The number of carbonyl (C=O) groups excluding carboxylic acids is 1. The van der Waals surface area contributed by atoms with E-state index >= 15 is 0 Å². The highest BCUT2D eigenvalue weighted by molar-refractivity contribution is 8.00. The molecule has 1 aromatic heterocycles. The summed E-state index contributed by atoms with van der Waals surface area (Å²) in [6, 6.07) is 13.3. The fourth-order valence-corrected chi connectivity index (χ4v) is 3.64. The average Bonchev–Trinajstić information content (AvgIpc) is 2.76. The van der Waals surface area contributed by atoms with E-state index in [-0.39, 0.29) is 11.2 Å². The van der Waals surface area contributed by atoms with Crippen LogP contribution in [0.2, 0.25) is 0 Å². The molecule has 0 fully saturated rings. The van der Waals surface area contributed by atoms with Crippen LogP contribution in [0.4, 0.5) is 5.82 Å². The Morgan fingerprint density at radius 3 is 2.59 bits per heavy atom. The number of rotatable bonds is 8. The lowest BCUT2D eigenvalue weighted by Crippen LogP contribution is -2.30. The van der Waals surface area contributed by atoms with Gasteiger partial charge in [-0.2, -0.15) is 0 Å². The Morgan fingerprint density at radius 1 is 1.10 bits per heavy atom. The largest absolute Gasteiger partial charge is 0.493 e. The summed E-state index contributed by atoms with van der Waals surface area (Å²) in [5.74, 6) is 1.94. The van der Waals surface area contributed by atoms with Crippen LogP contribution in [0.5, 0.6) is 11.5 Å². The Labute approximate surface area is 174 Å². The minimum atomic E-state index is -0.346. The number of aromatic nitrogens is 2. The second-order valence-corrected chi connectivity index (χ2v) is 7.60. The van der Waals surface area contributed by atoms with Gasteiger partial charge in [0.25, 0.3) is 0 Å². The summed E-state index contributed by atoms with van der Waals surface area (Å²) in [5, 5.41) is 7.20. The number of fused-ring (bicyclic) bond motifs is 1. The van der Waals surface area contributed by atoms with Gasteiger partial charge in [0, 0.05) is 19.0 Å². The van der Waals surface area contributed by atoms with Gasteiger partial charge in [0.05, 0.1) is 25.0 Å². The van der Waals surface area contributed by atoms with Gasteiger partial charge in [0.1, 0.15) is 5.82 Å². The van der Waals surface area contributed by atoms with Crippen molar-refractivity contribution in [1.82, 2.24) is 15.3 Å². The third-order valence-electron chi connectivity index (χ3n) is 4.39. The molecule has 1 amide bonds. The van der Waals surface area contributed by atoms with Crippen molar-refractivity contribution in [2.75, 3.05) is 26.6 Å². The predicted molar refractivity (Wildman–Crippen MR) is 116 cm³/mol. The van der Waals surface area contributed by atoms with E-state index in [2.05, 4.69) is 20.6 Å². The van der Waals surface area contributed by atoms with Gasteiger partial charge in [0.15, 0.2) is 16.7 Å². The van der Waals surface area contributed by atoms with E-state index in [0.717, 1.165) is 22.3 Å². The molecule has 29 heavy (non-hydrogen) atoms. The first-order chi connectivity index (χ1) is 14.0. The number of anilines is 1. The van der Waals surface area contributed by atoms with Crippen molar-refractivity contribution >= 4 is 34.4 Å². The number of nitrogens with one attached hydrogen (secondary N) is 2. The molecule has 0 unspecified atom stereocenters. The molecule has 3 aromatic rings. The zero-order chi connectivity index (χ0) is 20.8. The van der Waals surface area contributed by atoms with Gasteiger partial charge in [-0.15, -0.1) is 0 Å². The molecule has 0 aliphatic rings. The molecule has 2 N–H and O–H groups in total. The number of nitrogens with zero attached hydrogens (tertiary/aromatic N) is 2. The molecule has 0 radical (unpaired) electrons. The summed E-state index contributed by atoms with van der Waals surface area (Å²) >= 11 is 1.33. The molecule has 0 aliphatic heterocycles. The highest BCUT2D eigenvalue weighted by atomic mass is 32.2. The number of carbonyl (C=O) groups is 1. The van der Waals surface area contributed by atoms with Gasteiger partial charge in [-0.3, -0.25) is 4.79 Å². The second kappa shape index (κ2) is 9.47. The third-order valence-corrected chi connectivity index (χ3v) is 5.35. The standard InChI is InChI=1S/C21H24N4O3S/c1-13(20(26)23-12-14-9-10-17(27-3)18(11-14)28-4)29-21-24-16-8-6-5-7-15(16)19(22-2)25-21/h5-11,13H,12H2,1-4H3,(H,23,26)(H,22,24,25)/t13-/m0/s1. The summed E-state index contributed by atoms with van der Waals surface area (Å²) in [6.07, 6.45) is 0. The van der Waals surface area contributed by atoms with Crippen molar-refractivity contribution in [1.29, 1.82) is 0 Å². The number of para-hydroxylation sites is 1. The molecule has 8 heteroatoms. The Bertz CT molecular complexity index is 1010. The first-order valence-electron chi connectivity index (χ1n) is 9.15. The highest BCUT2D eigenvalue weighted by Gasteiger charge is 2.17. The van der Waals surface area contributed by atoms with E-state index in [1.807, 2.05) is 56.4 Å². The molecule has 1 atom stereocenters. The third kappa shape index (κ3) is 4.89. The van der Waals surface area contributed by atoms with Gasteiger partial charge in [0.2, 0.25) is 5.91 Å². The molecular formula is C21H24N4O3S. The lowest BCUT2D eigenvalue weighted by molar-refractivity contribution is -0.120. The number of benzene rings is 2. The first-order valence-corrected chi connectivity index (χ1v) is 10.0. The molecule has 0 bridgehead atoms. The lowest BCUT2D eigenvalue weighted by Gasteiger charge is -2.14. The van der Waals surface area contributed by atoms with Crippen molar-refractivity contribution in [3.05, 3.63) is 48.0 Å². The lowest BCUT2D eigenvalue weighted by atomic mass is 10.2. The van der Waals surface area contributed by atoms with Crippen LogP contribution in [0.25, 0.3) is 10.9 Å². The van der Waals surface area contributed by atoms with E-state index in [4.69, 9.17) is 9.47 Å². The van der Waals surface area contributed by atoms with Crippen molar-refractivity contribution < 1.29 is 14.3 Å². The number of hydrogen-bond acceptors (Lipinski definition) is 7. The first kappa shape index (κ1) is 20.7. The highest BCUT2D eigenvalue weighted by Crippen LogP contribution is 2.28. The SMILES string of the molecule is CNc1nc(S[C@@H](C)C(=O)NCc2ccc(OC)c(OC)c2)nc2ccccc12. The monoisotopic (exact) mass is 412 g/mol. The van der Waals surface area contributed by atoms with Crippen molar-refractivity contribution in [2.24, 2.45) is 0 Å². The molecule has 0 saturated heterocycles. The number of amides is 1. The van der Waals surface area contributed by atoms with Crippen LogP contribution >= 0.6 is 11.8 Å². The van der Waals surface area contributed by atoms with Crippen LogP contribution in [0, 0.1) is 0 Å². The Hall–Kier alpha value is -3.00. The molecule has 0 spiro atoms. The maximum atomic E-state index is 12.6. The number of hydrogen-bond donors (Lipinski definition) is 2. The van der Waals surface area contributed by atoms with Crippen LogP contribution in [0.15, 0.2) is 47.6 Å². The normalized spacial score (nSPS) is 11.7. The molecule has 1 heterocycles. The molecule has 2 aromatic carbocycles. The summed E-state index contributed by atoms with van der Waals surface area (Å²) in [6.45, 7) is 2.23. The Kier molecular flexibility index (Phi) is 6.77.